The van der Waals surface area contributed by atoms with Crippen LogP contribution < -0.4 is 5.32 Å². The standard InChI is InChI=1S/C16H22N2O/c1-13(11-17-16-7-5-4-6-8-16)18(3)12-15-9-10-19-14(15)2/h4-10,13,17H,11-12H2,1-3H3. The predicted octanol–water partition coefficient (Wildman–Crippen LogP) is 3.52. The van der Waals surface area contributed by atoms with E-state index < -0.39 is 0 Å². The third-order valence-electron chi connectivity index (χ3n) is 3.51. The van der Waals surface area contributed by atoms with Crippen LogP contribution in [0.2, 0.25) is 0 Å². The van der Waals surface area contributed by atoms with Crippen molar-refractivity contribution in [2.75, 3.05) is 18.9 Å². The molecule has 1 heterocycles. The minimum absolute atomic E-state index is 0.453. The van der Waals surface area contributed by atoms with E-state index in [-0.39, 0.29) is 0 Å². The van der Waals surface area contributed by atoms with Gasteiger partial charge in [-0.2, -0.15) is 0 Å². The van der Waals surface area contributed by atoms with E-state index in [0.717, 1.165) is 18.8 Å². The molecule has 2 aromatic rings. The second-order valence-electron chi connectivity index (χ2n) is 5.01. The van der Waals surface area contributed by atoms with Crippen LogP contribution in [-0.4, -0.2) is 24.5 Å². The molecule has 1 unspecified atom stereocenters. The Morgan fingerprint density at radius 3 is 2.58 bits per heavy atom. The van der Waals surface area contributed by atoms with Crippen LogP contribution in [0.1, 0.15) is 18.2 Å². The lowest BCUT2D eigenvalue weighted by atomic mass is 10.2. The van der Waals surface area contributed by atoms with E-state index in [9.17, 15) is 0 Å². The van der Waals surface area contributed by atoms with Crippen LogP contribution >= 0.6 is 0 Å². The van der Waals surface area contributed by atoms with Gasteiger partial charge < -0.3 is 9.73 Å². The number of furan rings is 1. The molecule has 1 aromatic heterocycles. The third kappa shape index (κ3) is 3.86. The van der Waals surface area contributed by atoms with E-state index >= 15 is 0 Å². The number of anilines is 1. The second-order valence-corrected chi connectivity index (χ2v) is 5.01. The van der Waals surface area contributed by atoms with E-state index in [4.69, 9.17) is 4.42 Å². The van der Waals surface area contributed by atoms with Crippen molar-refractivity contribution >= 4 is 5.69 Å². The number of rotatable bonds is 6. The lowest BCUT2D eigenvalue weighted by molar-refractivity contribution is 0.257. The molecule has 0 bridgehead atoms. The fourth-order valence-corrected chi connectivity index (χ4v) is 1.98. The molecule has 3 nitrogen and oxygen atoms in total. The predicted molar refractivity (Wildman–Crippen MR) is 79.3 cm³/mol. The van der Waals surface area contributed by atoms with Gasteiger partial charge in [-0.05, 0) is 39.1 Å². The topological polar surface area (TPSA) is 28.4 Å². The summed E-state index contributed by atoms with van der Waals surface area (Å²) in [6, 6.07) is 12.8. The molecule has 3 heteroatoms. The second kappa shape index (κ2) is 6.43. The molecule has 0 aliphatic rings. The van der Waals surface area contributed by atoms with Crippen molar-refractivity contribution in [3.05, 3.63) is 54.0 Å². The van der Waals surface area contributed by atoms with Gasteiger partial charge in [0, 0.05) is 30.4 Å². The molecule has 102 valence electrons. The Balaban J connectivity index is 1.83. The van der Waals surface area contributed by atoms with Gasteiger partial charge in [-0.3, -0.25) is 4.90 Å². The van der Waals surface area contributed by atoms with Crippen molar-refractivity contribution in [3.63, 3.8) is 0 Å². The van der Waals surface area contributed by atoms with Gasteiger partial charge in [-0.25, -0.2) is 0 Å². The highest BCUT2D eigenvalue weighted by Crippen LogP contribution is 2.13. The summed E-state index contributed by atoms with van der Waals surface area (Å²) < 4.78 is 5.33. The van der Waals surface area contributed by atoms with E-state index in [1.54, 1.807) is 6.26 Å². The Morgan fingerprint density at radius 2 is 1.95 bits per heavy atom. The van der Waals surface area contributed by atoms with Crippen molar-refractivity contribution in [2.45, 2.75) is 26.4 Å². The Kier molecular flexibility index (Phi) is 4.63. The highest BCUT2D eigenvalue weighted by molar-refractivity contribution is 5.42. The van der Waals surface area contributed by atoms with E-state index in [1.807, 2.05) is 31.2 Å². The summed E-state index contributed by atoms with van der Waals surface area (Å²) in [6.07, 6.45) is 1.76. The van der Waals surface area contributed by atoms with Crippen LogP contribution in [0.25, 0.3) is 0 Å². The fourth-order valence-electron chi connectivity index (χ4n) is 1.98. The van der Waals surface area contributed by atoms with Gasteiger partial charge in [-0.1, -0.05) is 18.2 Å². The lowest BCUT2D eigenvalue weighted by Gasteiger charge is -2.25. The first-order valence-electron chi connectivity index (χ1n) is 6.69. The monoisotopic (exact) mass is 258 g/mol. The van der Waals surface area contributed by atoms with Crippen molar-refractivity contribution in [2.24, 2.45) is 0 Å². The van der Waals surface area contributed by atoms with Crippen molar-refractivity contribution in [1.82, 2.24) is 4.90 Å². The number of hydrogen-bond donors (Lipinski definition) is 1. The Bertz CT molecular complexity index is 492. The molecule has 19 heavy (non-hydrogen) atoms. The Labute approximate surface area is 115 Å². The van der Waals surface area contributed by atoms with E-state index in [0.29, 0.717) is 6.04 Å². The molecule has 0 aliphatic carbocycles. The number of hydrogen-bond acceptors (Lipinski definition) is 3. The SMILES string of the molecule is Cc1occc1CN(C)C(C)CNc1ccccc1. The van der Waals surface area contributed by atoms with Crippen LogP contribution in [0, 0.1) is 6.92 Å². The first kappa shape index (κ1) is 13.7. The molecule has 0 saturated heterocycles. The van der Waals surface area contributed by atoms with Gasteiger partial charge in [0.1, 0.15) is 5.76 Å². The molecule has 1 atom stereocenters. The lowest BCUT2D eigenvalue weighted by Crippen LogP contribution is -2.34. The van der Waals surface area contributed by atoms with Crippen LogP contribution in [0.4, 0.5) is 5.69 Å². The average molecular weight is 258 g/mol. The largest absolute Gasteiger partial charge is 0.469 e. The van der Waals surface area contributed by atoms with Crippen molar-refractivity contribution < 1.29 is 4.42 Å². The van der Waals surface area contributed by atoms with Gasteiger partial charge in [0.25, 0.3) is 0 Å². The highest BCUT2D eigenvalue weighted by Gasteiger charge is 2.11. The first-order chi connectivity index (χ1) is 9.16. The van der Waals surface area contributed by atoms with Gasteiger partial charge in [0.15, 0.2) is 0 Å². The Hall–Kier alpha value is -1.74. The summed E-state index contributed by atoms with van der Waals surface area (Å²) in [6.45, 7) is 6.08. The van der Waals surface area contributed by atoms with Gasteiger partial charge >= 0.3 is 0 Å². The van der Waals surface area contributed by atoms with Crippen LogP contribution in [0.15, 0.2) is 47.1 Å². The van der Waals surface area contributed by atoms with Crippen LogP contribution in [0.5, 0.6) is 0 Å². The third-order valence-corrected chi connectivity index (χ3v) is 3.51. The molecule has 0 saturated carbocycles. The normalized spacial score (nSPS) is 12.6. The summed E-state index contributed by atoms with van der Waals surface area (Å²) in [5.41, 5.74) is 2.43. The zero-order chi connectivity index (χ0) is 13.7. The molecular weight excluding hydrogens is 236 g/mol. The van der Waals surface area contributed by atoms with E-state index in [1.165, 1.54) is 11.3 Å². The first-order valence-corrected chi connectivity index (χ1v) is 6.69. The van der Waals surface area contributed by atoms with Gasteiger partial charge in [-0.15, -0.1) is 0 Å². The van der Waals surface area contributed by atoms with Gasteiger partial charge in [0.2, 0.25) is 0 Å². The van der Waals surface area contributed by atoms with Crippen LogP contribution in [0.3, 0.4) is 0 Å². The Morgan fingerprint density at radius 1 is 1.21 bits per heavy atom. The van der Waals surface area contributed by atoms with Crippen molar-refractivity contribution in [3.8, 4) is 0 Å². The molecule has 0 amide bonds. The molecule has 0 aliphatic heterocycles. The number of nitrogens with zero attached hydrogens (tertiary/aromatic N) is 1. The number of benzene rings is 1. The maximum absolute atomic E-state index is 5.33. The molecule has 1 N–H and O–H groups in total. The summed E-state index contributed by atoms with van der Waals surface area (Å²) in [4.78, 5) is 2.33. The summed E-state index contributed by atoms with van der Waals surface area (Å²) in [7, 11) is 2.14. The van der Waals surface area contributed by atoms with Crippen LogP contribution in [-0.2, 0) is 6.54 Å². The van der Waals surface area contributed by atoms with E-state index in [2.05, 4.69) is 36.3 Å². The molecule has 0 radical (unpaired) electrons. The molecule has 1 aromatic carbocycles. The molecular formula is C16H22N2O. The highest BCUT2D eigenvalue weighted by atomic mass is 16.3. The zero-order valence-corrected chi connectivity index (χ0v) is 11.9. The maximum Gasteiger partial charge on any atom is 0.105 e. The smallest absolute Gasteiger partial charge is 0.105 e. The summed E-state index contributed by atoms with van der Waals surface area (Å²) in [5.74, 6) is 1.01. The quantitative estimate of drug-likeness (QED) is 0.859. The number of para-hydroxylation sites is 1. The van der Waals surface area contributed by atoms with Crippen molar-refractivity contribution in [1.29, 1.82) is 0 Å². The summed E-state index contributed by atoms with van der Waals surface area (Å²) in [5, 5.41) is 3.45. The van der Waals surface area contributed by atoms with Gasteiger partial charge in [0.05, 0.1) is 6.26 Å². The number of likely N-dealkylation sites (N-methyl/N-ethyl adjacent to an activating group) is 1. The molecule has 0 spiro atoms. The zero-order valence-electron chi connectivity index (χ0n) is 11.9. The number of aryl methyl sites for hydroxylation is 1. The fraction of sp³-hybridized carbons (Fsp3) is 0.375. The number of nitrogens with one attached hydrogen (secondary N) is 1. The minimum Gasteiger partial charge on any atom is -0.469 e. The molecule has 2 rings (SSSR count). The maximum atomic E-state index is 5.33. The summed E-state index contributed by atoms with van der Waals surface area (Å²) >= 11 is 0. The molecule has 0 fully saturated rings. The average Bonchev–Trinajstić information content (AvgIpc) is 2.82. The minimum atomic E-state index is 0.453.